The molecule has 88 valence electrons. The number of rotatable bonds is 5. The molecule has 0 aliphatic heterocycles. The highest BCUT2D eigenvalue weighted by Crippen LogP contribution is 2.17. The fourth-order valence-corrected chi connectivity index (χ4v) is 1.50. The summed E-state index contributed by atoms with van der Waals surface area (Å²) >= 11 is 3.01. The van der Waals surface area contributed by atoms with Crippen molar-refractivity contribution >= 4 is 27.8 Å². The van der Waals surface area contributed by atoms with Crippen LogP contribution in [-0.2, 0) is 4.79 Å². The summed E-state index contributed by atoms with van der Waals surface area (Å²) in [6, 6.07) is 0.302. The third-order valence-electron chi connectivity index (χ3n) is 1.88. The van der Waals surface area contributed by atoms with Gasteiger partial charge in [-0.1, -0.05) is 0 Å². The molecule has 0 saturated heterocycles. The van der Waals surface area contributed by atoms with Crippen LogP contribution >= 0.6 is 15.9 Å². The van der Waals surface area contributed by atoms with Crippen LogP contribution in [0.1, 0.15) is 16.8 Å². The Kier molecular flexibility index (Phi) is 4.51. The molecule has 0 radical (unpaired) electrons. The first-order valence-corrected chi connectivity index (χ1v) is 5.23. The van der Waals surface area contributed by atoms with Gasteiger partial charge >= 0.3 is 5.97 Å². The first-order valence-electron chi connectivity index (χ1n) is 4.43. The van der Waals surface area contributed by atoms with Crippen LogP contribution < -0.4 is 5.32 Å². The Hall–Kier alpha value is -1.34. The molecule has 1 rings (SSSR count). The van der Waals surface area contributed by atoms with Crippen molar-refractivity contribution in [3.05, 3.63) is 22.6 Å². The summed E-state index contributed by atoms with van der Waals surface area (Å²) < 4.78 is 5.08. The van der Waals surface area contributed by atoms with E-state index in [-0.39, 0.29) is 23.3 Å². The second-order valence-electron chi connectivity index (χ2n) is 2.98. The summed E-state index contributed by atoms with van der Waals surface area (Å²) in [5.41, 5.74) is 0.212. The van der Waals surface area contributed by atoms with Crippen LogP contribution in [0.25, 0.3) is 0 Å². The Bertz CT molecular complexity index is 389. The van der Waals surface area contributed by atoms with Gasteiger partial charge in [0, 0.05) is 13.0 Å². The van der Waals surface area contributed by atoms with Gasteiger partial charge in [0.25, 0.3) is 5.91 Å². The van der Waals surface area contributed by atoms with E-state index in [9.17, 15) is 9.59 Å². The molecule has 1 heterocycles. The number of carbonyl (C=O) groups excluding carboxylic acids is 1. The van der Waals surface area contributed by atoms with E-state index in [1.165, 1.54) is 12.3 Å². The zero-order valence-corrected chi connectivity index (χ0v) is 9.73. The SMILES string of the molecule is O=C(N[C@H](CCO)C(=O)O)c1ccoc1Br. The Morgan fingerprint density at radius 3 is 2.69 bits per heavy atom. The number of amides is 1. The largest absolute Gasteiger partial charge is 0.480 e. The zero-order chi connectivity index (χ0) is 12.1. The van der Waals surface area contributed by atoms with Gasteiger partial charge in [0.05, 0.1) is 11.8 Å². The molecule has 0 saturated carbocycles. The monoisotopic (exact) mass is 291 g/mol. The highest BCUT2D eigenvalue weighted by molar-refractivity contribution is 9.10. The molecule has 6 nitrogen and oxygen atoms in total. The molecule has 1 atom stereocenters. The number of hydrogen-bond donors (Lipinski definition) is 3. The van der Waals surface area contributed by atoms with Crippen molar-refractivity contribution in [2.24, 2.45) is 0 Å². The molecule has 0 aromatic carbocycles. The topological polar surface area (TPSA) is 99.8 Å². The van der Waals surface area contributed by atoms with Gasteiger partial charge in [-0.25, -0.2) is 4.79 Å². The quantitative estimate of drug-likeness (QED) is 0.738. The minimum absolute atomic E-state index is 0.0451. The second-order valence-corrected chi connectivity index (χ2v) is 3.70. The van der Waals surface area contributed by atoms with Gasteiger partial charge in [0.15, 0.2) is 4.67 Å². The number of aliphatic hydroxyl groups excluding tert-OH is 1. The van der Waals surface area contributed by atoms with Crippen molar-refractivity contribution in [3.63, 3.8) is 0 Å². The molecule has 16 heavy (non-hydrogen) atoms. The normalized spacial score (nSPS) is 12.1. The molecule has 0 fully saturated rings. The first kappa shape index (κ1) is 12.7. The van der Waals surface area contributed by atoms with Gasteiger partial charge in [-0.2, -0.15) is 0 Å². The van der Waals surface area contributed by atoms with Crippen molar-refractivity contribution in [2.45, 2.75) is 12.5 Å². The number of furan rings is 1. The van der Waals surface area contributed by atoms with E-state index in [1.807, 2.05) is 0 Å². The Morgan fingerprint density at radius 2 is 2.25 bits per heavy atom. The average Bonchev–Trinajstić information content (AvgIpc) is 2.63. The lowest BCUT2D eigenvalue weighted by Crippen LogP contribution is -2.41. The molecule has 0 aliphatic rings. The molecular weight excluding hydrogens is 282 g/mol. The summed E-state index contributed by atoms with van der Waals surface area (Å²) in [6.07, 6.45) is 1.26. The van der Waals surface area contributed by atoms with Crippen LogP contribution in [0.3, 0.4) is 0 Å². The molecule has 3 N–H and O–H groups in total. The molecule has 0 spiro atoms. The lowest BCUT2D eigenvalue weighted by molar-refractivity contribution is -0.139. The lowest BCUT2D eigenvalue weighted by Gasteiger charge is -2.12. The number of carboxylic acids is 1. The summed E-state index contributed by atoms with van der Waals surface area (Å²) in [5.74, 6) is -1.76. The first-order chi connectivity index (χ1) is 7.56. The predicted octanol–water partition coefficient (Wildman–Crippen LogP) is 0.607. The molecule has 1 aromatic heterocycles. The molecule has 0 unspecified atom stereocenters. The minimum Gasteiger partial charge on any atom is -0.480 e. The van der Waals surface area contributed by atoms with Crippen molar-refractivity contribution < 1.29 is 24.2 Å². The maximum absolute atomic E-state index is 11.6. The highest BCUT2D eigenvalue weighted by Gasteiger charge is 2.21. The van der Waals surface area contributed by atoms with Gasteiger partial charge in [-0.15, -0.1) is 0 Å². The van der Waals surface area contributed by atoms with Gasteiger partial charge < -0.3 is 19.9 Å². The smallest absolute Gasteiger partial charge is 0.326 e. The molecule has 0 aliphatic carbocycles. The van der Waals surface area contributed by atoms with E-state index in [0.717, 1.165) is 0 Å². The number of aliphatic carboxylic acids is 1. The van der Waals surface area contributed by atoms with Crippen molar-refractivity contribution in [3.8, 4) is 0 Å². The number of aliphatic hydroxyl groups is 1. The van der Waals surface area contributed by atoms with Crippen molar-refractivity contribution in [2.75, 3.05) is 6.61 Å². The summed E-state index contributed by atoms with van der Waals surface area (Å²) in [6.45, 7) is -0.316. The predicted molar refractivity (Wildman–Crippen MR) is 57.0 cm³/mol. The highest BCUT2D eigenvalue weighted by atomic mass is 79.9. The summed E-state index contributed by atoms with van der Waals surface area (Å²) in [7, 11) is 0. The van der Waals surface area contributed by atoms with Crippen LogP contribution in [0.2, 0.25) is 0 Å². The Balaban J connectivity index is 2.69. The number of carbonyl (C=O) groups is 2. The fourth-order valence-electron chi connectivity index (χ4n) is 1.08. The van der Waals surface area contributed by atoms with E-state index in [4.69, 9.17) is 14.6 Å². The van der Waals surface area contributed by atoms with Crippen LogP contribution in [0.15, 0.2) is 21.4 Å². The Morgan fingerprint density at radius 1 is 1.56 bits per heavy atom. The van der Waals surface area contributed by atoms with Crippen LogP contribution in [0, 0.1) is 0 Å². The number of hydrogen-bond acceptors (Lipinski definition) is 4. The third-order valence-corrected chi connectivity index (χ3v) is 2.50. The van der Waals surface area contributed by atoms with Gasteiger partial charge in [-0.3, -0.25) is 4.79 Å². The fraction of sp³-hybridized carbons (Fsp3) is 0.333. The number of carboxylic acid groups (broad SMARTS) is 1. The number of nitrogens with one attached hydrogen (secondary N) is 1. The minimum atomic E-state index is -1.19. The van der Waals surface area contributed by atoms with Crippen LogP contribution in [-0.4, -0.2) is 34.7 Å². The average molecular weight is 292 g/mol. The number of halogens is 1. The van der Waals surface area contributed by atoms with Gasteiger partial charge in [-0.05, 0) is 22.0 Å². The zero-order valence-electron chi connectivity index (χ0n) is 8.14. The molecular formula is C9H10BrNO5. The summed E-state index contributed by atoms with van der Waals surface area (Å²) in [5, 5.41) is 19.7. The standard InChI is InChI=1S/C9H10BrNO5/c10-7-5(2-4-16-7)8(13)11-6(1-3-12)9(14)15/h2,4,6,12H,1,3H2,(H,11,13)(H,14,15)/t6-/m1/s1. The maximum atomic E-state index is 11.6. The van der Waals surface area contributed by atoms with E-state index in [0.29, 0.717) is 0 Å². The van der Waals surface area contributed by atoms with E-state index >= 15 is 0 Å². The van der Waals surface area contributed by atoms with Gasteiger partial charge in [0.2, 0.25) is 0 Å². The Labute approximate surface area is 99.4 Å². The molecule has 0 bridgehead atoms. The molecule has 1 amide bonds. The third kappa shape index (κ3) is 3.07. The van der Waals surface area contributed by atoms with Crippen LogP contribution in [0.4, 0.5) is 0 Å². The summed E-state index contributed by atoms with van der Waals surface area (Å²) in [4.78, 5) is 22.3. The molecule has 7 heteroatoms. The van der Waals surface area contributed by atoms with E-state index in [1.54, 1.807) is 0 Å². The van der Waals surface area contributed by atoms with E-state index < -0.39 is 17.9 Å². The van der Waals surface area contributed by atoms with Gasteiger partial charge in [0.1, 0.15) is 6.04 Å². The van der Waals surface area contributed by atoms with Crippen LogP contribution in [0.5, 0.6) is 0 Å². The molecule has 1 aromatic rings. The lowest BCUT2D eigenvalue weighted by atomic mass is 10.2. The second kappa shape index (κ2) is 5.66. The van der Waals surface area contributed by atoms with Crippen molar-refractivity contribution in [1.29, 1.82) is 0 Å². The van der Waals surface area contributed by atoms with E-state index in [2.05, 4.69) is 21.2 Å². The van der Waals surface area contributed by atoms with Crippen molar-refractivity contribution in [1.82, 2.24) is 5.32 Å². The maximum Gasteiger partial charge on any atom is 0.326 e.